The summed E-state index contributed by atoms with van der Waals surface area (Å²) in [6.07, 6.45) is 15.1. The van der Waals surface area contributed by atoms with Crippen LogP contribution in [0.1, 0.15) is 48.1 Å². The largest absolute Gasteiger partial charge is 0.455 e. The molecule has 1 fully saturated rings. The van der Waals surface area contributed by atoms with Gasteiger partial charge in [-0.3, -0.25) is 9.88 Å². The van der Waals surface area contributed by atoms with Crippen LogP contribution in [-0.2, 0) is 6.42 Å². The fourth-order valence-electron chi connectivity index (χ4n) is 15.4. The van der Waals surface area contributed by atoms with E-state index in [1.807, 2.05) is 0 Å². The fraction of sp³-hybridized carbons (Fsp3) is 0.0814. The van der Waals surface area contributed by atoms with Gasteiger partial charge in [0.25, 0.3) is 0 Å². The Labute approximate surface area is 543 Å². The smallest absolute Gasteiger partial charge is 0.145 e. The van der Waals surface area contributed by atoms with E-state index in [1.165, 1.54) is 16.8 Å². The van der Waals surface area contributed by atoms with Crippen molar-refractivity contribution >= 4 is 82.9 Å². The van der Waals surface area contributed by atoms with Crippen LogP contribution in [0.3, 0.4) is 0 Å². The first-order chi connectivity index (χ1) is 46.6. The number of fused-ring (bicyclic) bond motifs is 11. The minimum Gasteiger partial charge on any atom is -0.455 e. The highest BCUT2D eigenvalue weighted by atomic mass is 16.3. The molecule has 0 radical (unpaired) electrons. The summed E-state index contributed by atoms with van der Waals surface area (Å²) in [5.74, 6) is 2.71. The molecule has 0 saturated carbocycles. The third-order valence-electron chi connectivity index (χ3n) is 19.7. The van der Waals surface area contributed by atoms with E-state index in [-0.39, 0.29) is 6.17 Å². The number of aromatic nitrogens is 4. The molecule has 1 saturated heterocycles. The summed E-state index contributed by atoms with van der Waals surface area (Å²) in [4.78, 5) is 7.86. The lowest BCUT2D eigenvalue weighted by atomic mass is 9.93. The predicted octanol–water partition coefficient (Wildman–Crippen LogP) is 21.7. The van der Waals surface area contributed by atoms with Gasteiger partial charge in [0.15, 0.2) is 0 Å². The molecule has 1 aliphatic heterocycles. The Kier molecular flexibility index (Phi) is 12.7. The first-order valence-electron chi connectivity index (χ1n) is 32.8. The van der Waals surface area contributed by atoms with E-state index >= 15 is 0 Å². The maximum Gasteiger partial charge on any atom is 0.145 e. The molecule has 0 amide bonds. The Hall–Kier alpha value is -11.7. The van der Waals surface area contributed by atoms with Gasteiger partial charge >= 0.3 is 0 Å². The van der Waals surface area contributed by atoms with Crippen molar-refractivity contribution in [3.05, 3.63) is 308 Å². The molecule has 8 heteroatoms. The second kappa shape index (κ2) is 22.0. The van der Waals surface area contributed by atoms with Crippen LogP contribution in [0, 0.1) is 0 Å². The molecule has 94 heavy (non-hydrogen) atoms. The van der Waals surface area contributed by atoms with Crippen LogP contribution in [0.2, 0.25) is 0 Å². The molecule has 0 spiro atoms. The SMILES string of the molecule is C1=CCCC(c2oc3c(ccc4c3c3ccccc3n4-c3ccc(N4CCNC4c4ccccc4)cc3)c2-c2ccc(-c3ccc4c(c3)c3c5oc(-c6ccccc6)c(-c6ccccc6)c5ccc3n4-c3cccc(-c4nc5c(n4-c4ccccc4)C=CCC5)c3)cc2)=C1. The Balaban J connectivity index is 0.757. The van der Waals surface area contributed by atoms with Gasteiger partial charge in [-0.1, -0.05) is 194 Å². The van der Waals surface area contributed by atoms with Crippen molar-refractivity contribution in [3.8, 4) is 73.2 Å². The monoisotopic (exact) mass is 1210 g/mol. The highest BCUT2D eigenvalue weighted by molar-refractivity contribution is 6.24. The number of para-hydroxylation sites is 2. The number of hydrogen-bond acceptors (Lipinski definition) is 5. The number of furan rings is 2. The zero-order valence-corrected chi connectivity index (χ0v) is 51.6. The number of allylic oxidation sites excluding steroid dienone is 5. The Morgan fingerprint density at radius 1 is 0.404 bits per heavy atom. The standard InChI is InChI=1S/C86H62N6O2/c1-6-21-56(22-7-1)77-68-47-50-76-80(84(68)94-81(77)58-23-8-2-9-24-58)70-54-61(41-48-73(70)91(76)66-32-20-29-62(53-66)86-88-71-34-17-19-36-74(71)92(86)64-30-14-5-15-31-64)55-37-39-57(40-38-55)78-69-46-49-75-79(83(69)93-82(78)59-25-10-3-11-26-59)67-33-16-18-35-72(67)90(75)65-44-42-63(43-45-65)89-52-51-87-85(89)60-27-12-4-13-28-60/h1-10,12-16,18-25,27-33,35-50,53-54,85,87H,11,17,26,34,51-52H2. The normalized spacial score (nSPS) is 14.8. The molecule has 8 nitrogen and oxygen atoms in total. The summed E-state index contributed by atoms with van der Waals surface area (Å²) in [7, 11) is 0. The molecule has 1 unspecified atom stereocenters. The minimum atomic E-state index is 0.132. The molecule has 3 aliphatic rings. The molecule has 1 atom stereocenters. The maximum atomic E-state index is 7.38. The van der Waals surface area contributed by atoms with Crippen molar-refractivity contribution < 1.29 is 8.83 Å². The van der Waals surface area contributed by atoms with Crippen molar-refractivity contribution in [3.63, 3.8) is 0 Å². The van der Waals surface area contributed by atoms with Gasteiger partial charge < -0.3 is 22.9 Å². The van der Waals surface area contributed by atoms with Crippen LogP contribution in [0.15, 0.2) is 294 Å². The van der Waals surface area contributed by atoms with E-state index in [4.69, 9.17) is 13.8 Å². The van der Waals surface area contributed by atoms with Gasteiger partial charge in [-0.05, 0) is 156 Å². The van der Waals surface area contributed by atoms with Gasteiger partial charge in [0, 0.05) is 79.6 Å². The number of benzene rings is 11. The molecule has 5 aromatic heterocycles. The van der Waals surface area contributed by atoms with Gasteiger partial charge in [-0.2, -0.15) is 0 Å². The topological polar surface area (TPSA) is 69.2 Å². The van der Waals surface area contributed by atoms with Gasteiger partial charge in [-0.15, -0.1) is 0 Å². The number of anilines is 1. The van der Waals surface area contributed by atoms with Crippen LogP contribution < -0.4 is 10.2 Å². The molecule has 19 rings (SSSR count). The number of rotatable bonds is 11. The maximum absolute atomic E-state index is 7.38. The molecule has 448 valence electrons. The molecular formula is C86H62N6O2. The number of hydrogen-bond donors (Lipinski definition) is 1. The van der Waals surface area contributed by atoms with E-state index in [0.29, 0.717) is 0 Å². The summed E-state index contributed by atoms with van der Waals surface area (Å²) in [6, 6.07) is 94.7. The summed E-state index contributed by atoms with van der Waals surface area (Å²) in [5, 5.41) is 10.3. The van der Waals surface area contributed by atoms with Crippen LogP contribution in [0.25, 0.3) is 150 Å². The zero-order chi connectivity index (χ0) is 61.8. The molecule has 1 N–H and O–H groups in total. The second-order valence-electron chi connectivity index (χ2n) is 25.1. The third kappa shape index (κ3) is 8.67. The molecular weight excluding hydrogens is 1150 g/mol. The summed E-state index contributed by atoms with van der Waals surface area (Å²) < 4.78 is 21.9. The molecule has 11 aromatic carbocycles. The zero-order valence-electron chi connectivity index (χ0n) is 51.6. The summed E-state index contributed by atoms with van der Waals surface area (Å²) in [5.41, 5.74) is 24.1. The third-order valence-corrected chi connectivity index (χ3v) is 19.7. The summed E-state index contributed by atoms with van der Waals surface area (Å²) >= 11 is 0. The Morgan fingerprint density at radius 3 is 1.73 bits per heavy atom. The van der Waals surface area contributed by atoms with Crippen LogP contribution in [0.4, 0.5) is 5.69 Å². The molecule has 2 aliphatic carbocycles. The number of aryl methyl sites for hydroxylation is 1. The van der Waals surface area contributed by atoms with Crippen LogP contribution in [0.5, 0.6) is 0 Å². The Morgan fingerprint density at radius 2 is 0.979 bits per heavy atom. The predicted molar refractivity (Wildman–Crippen MR) is 387 cm³/mol. The van der Waals surface area contributed by atoms with Crippen LogP contribution in [-0.4, -0.2) is 31.8 Å². The average molecular weight is 1210 g/mol. The van der Waals surface area contributed by atoms with E-state index < -0.39 is 0 Å². The number of nitrogens with zero attached hydrogens (tertiary/aromatic N) is 5. The van der Waals surface area contributed by atoms with Crippen LogP contribution >= 0.6 is 0 Å². The number of imidazole rings is 1. The lowest BCUT2D eigenvalue weighted by molar-refractivity contribution is 0.600. The van der Waals surface area contributed by atoms with Crippen molar-refractivity contribution in [2.45, 2.75) is 31.8 Å². The highest BCUT2D eigenvalue weighted by Gasteiger charge is 2.30. The van der Waals surface area contributed by atoms with Crippen molar-refractivity contribution in [1.29, 1.82) is 0 Å². The first-order valence-corrected chi connectivity index (χ1v) is 32.8. The van der Waals surface area contributed by atoms with Gasteiger partial charge in [0.1, 0.15) is 34.7 Å². The van der Waals surface area contributed by atoms with Crippen molar-refractivity contribution in [2.75, 3.05) is 18.0 Å². The molecule has 16 aromatic rings. The fourth-order valence-corrected chi connectivity index (χ4v) is 15.4. The van der Waals surface area contributed by atoms with E-state index in [0.717, 1.165) is 195 Å². The first kappa shape index (κ1) is 54.1. The highest BCUT2D eigenvalue weighted by Crippen LogP contribution is 2.50. The Bertz CT molecular complexity index is 5740. The second-order valence-corrected chi connectivity index (χ2v) is 25.1. The number of nitrogens with one attached hydrogen (secondary N) is 1. The summed E-state index contributed by atoms with van der Waals surface area (Å²) in [6.45, 7) is 1.87. The lowest BCUT2D eigenvalue weighted by Gasteiger charge is -2.27. The van der Waals surface area contributed by atoms with Gasteiger partial charge in [0.2, 0.25) is 0 Å². The van der Waals surface area contributed by atoms with E-state index in [9.17, 15) is 0 Å². The van der Waals surface area contributed by atoms with Crippen molar-refractivity contribution in [1.82, 2.24) is 24.0 Å². The molecule has 0 bridgehead atoms. The minimum absolute atomic E-state index is 0.132. The lowest BCUT2D eigenvalue weighted by Crippen LogP contribution is -2.27. The van der Waals surface area contributed by atoms with Gasteiger partial charge in [0.05, 0.1) is 44.2 Å². The molecule has 6 heterocycles. The van der Waals surface area contributed by atoms with Gasteiger partial charge in [-0.25, -0.2) is 4.98 Å². The average Bonchev–Trinajstić information content (AvgIpc) is 1.62. The van der Waals surface area contributed by atoms with E-state index in [1.54, 1.807) is 0 Å². The van der Waals surface area contributed by atoms with E-state index in [2.05, 4.69) is 315 Å². The van der Waals surface area contributed by atoms with Crippen molar-refractivity contribution in [2.24, 2.45) is 0 Å². The quantitative estimate of drug-likeness (QED) is 0.140.